The third-order valence-electron chi connectivity index (χ3n) is 4.93. The Balaban J connectivity index is 1.33. The number of Topliss-reactive ketones (excluding diaryl/α,β-unsaturated/α-hetero) is 1. The lowest BCUT2D eigenvalue weighted by Crippen LogP contribution is -2.26. The standard InChI is InChI=1S/C23H27NO2S/c25-22(21-11-10-19-8-4-5-9-20(19)16-21)12-13-23(26)24-14-15-27-17-18-6-2-1-3-7-18/h1-3,6-7,10-11,16H,4-5,8-9,12-15,17H2,(H,24,26). The fourth-order valence-corrected chi connectivity index (χ4v) is 4.21. The number of hydrogen-bond acceptors (Lipinski definition) is 3. The molecule has 0 fully saturated rings. The molecule has 3 rings (SSSR count). The lowest BCUT2D eigenvalue weighted by Gasteiger charge is -2.16. The van der Waals surface area contributed by atoms with Crippen LogP contribution >= 0.6 is 11.8 Å². The van der Waals surface area contributed by atoms with Crippen LogP contribution in [0.1, 0.15) is 52.7 Å². The van der Waals surface area contributed by atoms with E-state index in [2.05, 4.69) is 23.5 Å². The number of hydrogen-bond donors (Lipinski definition) is 1. The van der Waals surface area contributed by atoms with E-state index >= 15 is 0 Å². The quantitative estimate of drug-likeness (QED) is 0.511. The van der Waals surface area contributed by atoms with Crippen LogP contribution in [0.5, 0.6) is 0 Å². The number of fused-ring (bicyclic) bond motifs is 1. The Kier molecular flexibility index (Phi) is 7.52. The van der Waals surface area contributed by atoms with Gasteiger partial charge in [0.15, 0.2) is 5.78 Å². The zero-order chi connectivity index (χ0) is 18.9. The van der Waals surface area contributed by atoms with E-state index in [0.29, 0.717) is 6.54 Å². The van der Waals surface area contributed by atoms with Gasteiger partial charge in [-0.15, -0.1) is 0 Å². The van der Waals surface area contributed by atoms with Gasteiger partial charge in [0.2, 0.25) is 5.91 Å². The maximum absolute atomic E-state index is 12.4. The van der Waals surface area contributed by atoms with Crippen molar-refractivity contribution < 1.29 is 9.59 Å². The van der Waals surface area contributed by atoms with Crippen molar-refractivity contribution in [2.24, 2.45) is 0 Å². The van der Waals surface area contributed by atoms with Gasteiger partial charge in [-0.2, -0.15) is 11.8 Å². The van der Waals surface area contributed by atoms with Crippen LogP contribution in [0.2, 0.25) is 0 Å². The minimum absolute atomic E-state index is 0.0402. The normalized spacial score (nSPS) is 13.0. The SMILES string of the molecule is O=C(CCC(=O)c1ccc2c(c1)CCCC2)NCCSCc1ccccc1. The van der Waals surface area contributed by atoms with E-state index in [4.69, 9.17) is 0 Å². The van der Waals surface area contributed by atoms with E-state index in [1.54, 1.807) is 11.8 Å². The number of ketones is 1. The molecular formula is C23H27NO2S. The van der Waals surface area contributed by atoms with E-state index in [1.165, 1.54) is 29.5 Å². The smallest absolute Gasteiger partial charge is 0.220 e. The molecule has 0 saturated heterocycles. The molecule has 1 N–H and O–H groups in total. The van der Waals surface area contributed by atoms with Gasteiger partial charge in [0.05, 0.1) is 0 Å². The van der Waals surface area contributed by atoms with Crippen molar-refractivity contribution in [1.29, 1.82) is 0 Å². The van der Waals surface area contributed by atoms with Crippen LogP contribution in [0.3, 0.4) is 0 Å². The number of aryl methyl sites for hydroxylation is 2. The van der Waals surface area contributed by atoms with Crippen molar-refractivity contribution in [2.45, 2.75) is 44.3 Å². The van der Waals surface area contributed by atoms with E-state index in [9.17, 15) is 9.59 Å². The third kappa shape index (κ3) is 6.24. The van der Waals surface area contributed by atoms with Gasteiger partial charge in [0.25, 0.3) is 0 Å². The maximum atomic E-state index is 12.4. The van der Waals surface area contributed by atoms with Crippen LogP contribution < -0.4 is 5.32 Å². The zero-order valence-corrected chi connectivity index (χ0v) is 16.5. The number of nitrogens with one attached hydrogen (secondary N) is 1. The molecule has 2 aromatic carbocycles. The number of carbonyl (C=O) groups is 2. The minimum atomic E-state index is -0.0402. The predicted molar refractivity (Wildman–Crippen MR) is 112 cm³/mol. The second-order valence-corrected chi connectivity index (χ2v) is 8.11. The van der Waals surface area contributed by atoms with Gasteiger partial charge in [-0.05, 0) is 48.4 Å². The van der Waals surface area contributed by atoms with E-state index in [-0.39, 0.29) is 24.5 Å². The monoisotopic (exact) mass is 381 g/mol. The third-order valence-corrected chi connectivity index (χ3v) is 5.96. The molecule has 0 radical (unpaired) electrons. The van der Waals surface area contributed by atoms with Crippen molar-refractivity contribution >= 4 is 23.5 Å². The second kappa shape index (κ2) is 10.3. The highest BCUT2D eigenvalue weighted by Crippen LogP contribution is 2.23. The summed E-state index contributed by atoms with van der Waals surface area (Å²) < 4.78 is 0. The molecular weight excluding hydrogens is 354 g/mol. The van der Waals surface area contributed by atoms with Gasteiger partial charge < -0.3 is 5.32 Å². The van der Waals surface area contributed by atoms with Crippen LogP contribution in [0.4, 0.5) is 0 Å². The second-order valence-electron chi connectivity index (χ2n) is 7.00. The van der Waals surface area contributed by atoms with Gasteiger partial charge in [-0.3, -0.25) is 9.59 Å². The number of carbonyl (C=O) groups excluding carboxylic acids is 2. The lowest BCUT2D eigenvalue weighted by molar-refractivity contribution is -0.120. The Labute approximate surface area is 165 Å². The summed E-state index contributed by atoms with van der Waals surface area (Å²) in [6.07, 6.45) is 5.17. The van der Waals surface area contributed by atoms with E-state index in [0.717, 1.165) is 29.9 Å². The molecule has 0 bridgehead atoms. The van der Waals surface area contributed by atoms with Crippen molar-refractivity contribution in [3.63, 3.8) is 0 Å². The molecule has 0 heterocycles. The fraction of sp³-hybridized carbons (Fsp3) is 0.391. The lowest BCUT2D eigenvalue weighted by atomic mass is 9.89. The molecule has 27 heavy (non-hydrogen) atoms. The van der Waals surface area contributed by atoms with Crippen molar-refractivity contribution in [3.05, 3.63) is 70.8 Å². The molecule has 0 saturated carbocycles. The minimum Gasteiger partial charge on any atom is -0.355 e. The molecule has 4 heteroatoms. The van der Waals surface area contributed by atoms with Crippen LogP contribution in [-0.4, -0.2) is 24.0 Å². The number of amides is 1. The van der Waals surface area contributed by atoms with Crippen molar-refractivity contribution in [2.75, 3.05) is 12.3 Å². The highest BCUT2D eigenvalue weighted by molar-refractivity contribution is 7.98. The first-order chi connectivity index (χ1) is 13.2. The number of thioether (sulfide) groups is 1. The highest BCUT2D eigenvalue weighted by Gasteiger charge is 2.14. The molecule has 0 aliphatic heterocycles. The Bertz CT molecular complexity index is 773. The van der Waals surface area contributed by atoms with Crippen molar-refractivity contribution in [1.82, 2.24) is 5.32 Å². The molecule has 1 aliphatic rings. The van der Waals surface area contributed by atoms with Crippen LogP contribution in [0.25, 0.3) is 0 Å². The first kappa shape index (κ1) is 19.7. The van der Waals surface area contributed by atoms with Crippen LogP contribution in [0, 0.1) is 0 Å². The Morgan fingerprint density at radius 3 is 2.52 bits per heavy atom. The van der Waals surface area contributed by atoms with Gasteiger partial charge >= 0.3 is 0 Å². The molecule has 0 atom stereocenters. The summed E-state index contributed by atoms with van der Waals surface area (Å²) in [6, 6.07) is 16.4. The molecule has 1 aliphatic carbocycles. The Morgan fingerprint density at radius 2 is 1.70 bits per heavy atom. The summed E-state index contributed by atoms with van der Waals surface area (Å²) in [4.78, 5) is 24.4. The van der Waals surface area contributed by atoms with Gasteiger partial charge in [0, 0.05) is 36.5 Å². The first-order valence-electron chi connectivity index (χ1n) is 9.76. The summed E-state index contributed by atoms with van der Waals surface area (Å²) in [5.74, 6) is 1.85. The van der Waals surface area contributed by atoms with E-state index < -0.39 is 0 Å². The summed E-state index contributed by atoms with van der Waals surface area (Å²) in [6.45, 7) is 0.642. The molecule has 0 aromatic heterocycles. The molecule has 0 unspecified atom stereocenters. The summed E-state index contributed by atoms with van der Waals surface area (Å²) >= 11 is 1.80. The molecule has 0 spiro atoms. The first-order valence-corrected chi connectivity index (χ1v) is 10.9. The largest absolute Gasteiger partial charge is 0.355 e. The predicted octanol–water partition coefficient (Wildman–Crippen LogP) is 4.58. The average Bonchev–Trinajstić information content (AvgIpc) is 2.72. The zero-order valence-electron chi connectivity index (χ0n) is 15.7. The highest BCUT2D eigenvalue weighted by atomic mass is 32.2. The van der Waals surface area contributed by atoms with Gasteiger partial charge in [-0.25, -0.2) is 0 Å². The Morgan fingerprint density at radius 1 is 0.926 bits per heavy atom. The number of rotatable bonds is 9. The van der Waals surface area contributed by atoms with Crippen LogP contribution in [0.15, 0.2) is 48.5 Å². The van der Waals surface area contributed by atoms with Gasteiger partial charge in [-0.1, -0.05) is 42.5 Å². The topological polar surface area (TPSA) is 46.2 Å². The maximum Gasteiger partial charge on any atom is 0.220 e. The Hall–Kier alpha value is -2.07. The van der Waals surface area contributed by atoms with Crippen LogP contribution in [-0.2, 0) is 23.4 Å². The molecule has 1 amide bonds. The molecule has 3 nitrogen and oxygen atoms in total. The summed E-state index contributed by atoms with van der Waals surface area (Å²) in [5, 5.41) is 2.91. The summed E-state index contributed by atoms with van der Waals surface area (Å²) in [7, 11) is 0. The molecule has 142 valence electrons. The fourth-order valence-electron chi connectivity index (χ4n) is 3.39. The molecule has 2 aromatic rings. The van der Waals surface area contributed by atoms with E-state index in [1.807, 2.05) is 30.3 Å². The summed E-state index contributed by atoms with van der Waals surface area (Å²) in [5.41, 5.74) is 4.74. The van der Waals surface area contributed by atoms with Crippen molar-refractivity contribution in [3.8, 4) is 0 Å². The van der Waals surface area contributed by atoms with Gasteiger partial charge in [0.1, 0.15) is 0 Å². The average molecular weight is 382 g/mol. The number of benzene rings is 2.